The second-order valence-electron chi connectivity index (χ2n) is 7.32. The smallest absolute Gasteiger partial charge is 0.291 e. The third-order valence-corrected chi connectivity index (χ3v) is 4.40. The molecule has 0 fully saturated rings. The molecule has 0 bridgehead atoms. The highest BCUT2D eigenvalue weighted by Gasteiger charge is 2.20. The van der Waals surface area contributed by atoms with E-state index in [2.05, 4.69) is 15.7 Å². The molecule has 9 nitrogen and oxygen atoms in total. The summed E-state index contributed by atoms with van der Waals surface area (Å²) in [6, 6.07) is 10.4. The van der Waals surface area contributed by atoms with Crippen LogP contribution in [0.3, 0.4) is 0 Å². The summed E-state index contributed by atoms with van der Waals surface area (Å²) in [6.07, 6.45) is 1.43. The number of hydrogen-bond donors (Lipinski definition) is 2. The molecule has 0 saturated carbocycles. The number of nitrogens with zero attached hydrogens (tertiary/aromatic N) is 2. The minimum atomic E-state index is -0.485. The average molecular weight is 426 g/mol. The Morgan fingerprint density at radius 1 is 1.10 bits per heavy atom. The van der Waals surface area contributed by atoms with Crippen LogP contribution >= 0.6 is 0 Å². The van der Waals surface area contributed by atoms with Crippen LogP contribution in [0.25, 0.3) is 0 Å². The van der Waals surface area contributed by atoms with E-state index in [4.69, 9.17) is 13.9 Å². The number of aromatic nitrogens is 2. The Kier molecular flexibility index (Phi) is 6.96. The summed E-state index contributed by atoms with van der Waals surface area (Å²) in [5.41, 5.74) is 0.574. The van der Waals surface area contributed by atoms with Crippen LogP contribution in [-0.4, -0.2) is 35.2 Å². The number of anilines is 1. The fraction of sp³-hybridized carbons (Fsp3) is 0.318. The predicted octanol–water partition coefficient (Wildman–Crippen LogP) is 3.24. The zero-order valence-electron chi connectivity index (χ0n) is 18.0. The van der Waals surface area contributed by atoms with Crippen molar-refractivity contribution in [3.8, 4) is 11.5 Å². The monoisotopic (exact) mass is 426 g/mol. The minimum Gasteiger partial charge on any atom is -0.497 e. The molecule has 164 valence electrons. The third-order valence-electron chi connectivity index (χ3n) is 4.40. The molecule has 2 aromatic heterocycles. The first kappa shape index (κ1) is 21.9. The number of rotatable bonds is 9. The fourth-order valence-corrected chi connectivity index (χ4v) is 2.77. The molecule has 1 aromatic carbocycles. The van der Waals surface area contributed by atoms with E-state index in [1.165, 1.54) is 10.9 Å². The van der Waals surface area contributed by atoms with Crippen LogP contribution in [0.15, 0.2) is 47.0 Å². The van der Waals surface area contributed by atoms with Gasteiger partial charge in [-0.3, -0.25) is 14.3 Å². The number of furan rings is 1. The molecule has 2 amide bonds. The molecule has 3 aromatic rings. The lowest BCUT2D eigenvalue weighted by Crippen LogP contribution is -2.30. The van der Waals surface area contributed by atoms with Crippen molar-refractivity contribution in [1.82, 2.24) is 15.1 Å². The highest BCUT2D eigenvalue weighted by Crippen LogP contribution is 2.20. The van der Waals surface area contributed by atoms with Gasteiger partial charge in [0.05, 0.1) is 19.0 Å². The van der Waals surface area contributed by atoms with E-state index >= 15 is 0 Å². The molecule has 3 rings (SSSR count). The Labute approximate surface area is 180 Å². The molecule has 0 atom stereocenters. The summed E-state index contributed by atoms with van der Waals surface area (Å²) >= 11 is 0. The van der Waals surface area contributed by atoms with E-state index in [0.717, 1.165) is 5.75 Å². The zero-order chi connectivity index (χ0) is 22.4. The SMILES string of the molecule is COc1ccc(OCc2ccc(C(=O)Nc3cnn(C)c3C(=O)NCC(C)C)o2)cc1. The number of nitrogens with one attached hydrogen (secondary N) is 2. The first-order chi connectivity index (χ1) is 14.9. The number of benzene rings is 1. The molecule has 9 heteroatoms. The molecule has 31 heavy (non-hydrogen) atoms. The lowest BCUT2D eigenvalue weighted by molar-refractivity contribution is 0.0940. The molecule has 2 heterocycles. The lowest BCUT2D eigenvalue weighted by Gasteiger charge is -2.10. The van der Waals surface area contributed by atoms with Gasteiger partial charge in [0, 0.05) is 13.6 Å². The number of carbonyl (C=O) groups is 2. The van der Waals surface area contributed by atoms with Crippen LogP contribution < -0.4 is 20.1 Å². The molecule has 0 saturated heterocycles. The summed E-state index contributed by atoms with van der Waals surface area (Å²) < 4.78 is 17.8. The van der Waals surface area contributed by atoms with Crippen molar-refractivity contribution in [2.45, 2.75) is 20.5 Å². The topological polar surface area (TPSA) is 108 Å². The van der Waals surface area contributed by atoms with Crippen LogP contribution in [0, 0.1) is 5.92 Å². The Bertz CT molecular complexity index is 1040. The summed E-state index contributed by atoms with van der Waals surface area (Å²) in [4.78, 5) is 25.1. The van der Waals surface area contributed by atoms with Gasteiger partial charge in [-0.2, -0.15) is 5.10 Å². The van der Waals surface area contributed by atoms with Crippen molar-refractivity contribution >= 4 is 17.5 Å². The second-order valence-corrected chi connectivity index (χ2v) is 7.32. The molecule has 0 unspecified atom stereocenters. The summed E-state index contributed by atoms with van der Waals surface area (Å²) in [5, 5.41) is 9.58. The van der Waals surface area contributed by atoms with Crippen LogP contribution in [0.4, 0.5) is 5.69 Å². The van der Waals surface area contributed by atoms with Crippen LogP contribution in [-0.2, 0) is 13.7 Å². The first-order valence-corrected chi connectivity index (χ1v) is 9.84. The van der Waals surface area contributed by atoms with Gasteiger partial charge in [0.15, 0.2) is 5.76 Å². The van der Waals surface area contributed by atoms with Gasteiger partial charge >= 0.3 is 0 Å². The van der Waals surface area contributed by atoms with E-state index in [-0.39, 0.29) is 24.0 Å². The third kappa shape index (κ3) is 5.65. The Morgan fingerprint density at radius 3 is 2.48 bits per heavy atom. The van der Waals surface area contributed by atoms with Crippen molar-refractivity contribution in [1.29, 1.82) is 0 Å². The number of aryl methyl sites for hydroxylation is 1. The standard InChI is InChI=1S/C22H26N4O5/c1-14(2)11-23-22(28)20-18(12-24-26(20)3)25-21(27)19-10-9-17(31-19)13-30-16-7-5-15(29-4)6-8-16/h5-10,12,14H,11,13H2,1-4H3,(H,23,28)(H,25,27). The summed E-state index contributed by atoms with van der Waals surface area (Å²) in [7, 11) is 3.24. The van der Waals surface area contributed by atoms with Crippen LogP contribution in [0.2, 0.25) is 0 Å². The largest absolute Gasteiger partial charge is 0.497 e. The van der Waals surface area contributed by atoms with Gasteiger partial charge in [0.25, 0.3) is 11.8 Å². The average Bonchev–Trinajstić information content (AvgIpc) is 3.37. The number of carbonyl (C=O) groups excluding carboxylic acids is 2. The normalized spacial score (nSPS) is 10.7. The molecular formula is C22H26N4O5. The quantitative estimate of drug-likeness (QED) is 0.544. The minimum absolute atomic E-state index is 0.103. The van der Waals surface area contributed by atoms with Gasteiger partial charge in [-0.1, -0.05) is 13.8 Å². The van der Waals surface area contributed by atoms with E-state index in [1.807, 2.05) is 13.8 Å². The van der Waals surface area contributed by atoms with Gasteiger partial charge in [-0.05, 0) is 42.3 Å². The molecule has 0 radical (unpaired) electrons. The Balaban J connectivity index is 1.61. The zero-order valence-corrected chi connectivity index (χ0v) is 18.0. The highest BCUT2D eigenvalue weighted by atomic mass is 16.5. The van der Waals surface area contributed by atoms with E-state index < -0.39 is 5.91 Å². The van der Waals surface area contributed by atoms with Gasteiger partial charge in [-0.15, -0.1) is 0 Å². The number of amides is 2. The molecular weight excluding hydrogens is 400 g/mol. The van der Waals surface area contributed by atoms with Gasteiger partial charge < -0.3 is 24.5 Å². The van der Waals surface area contributed by atoms with Crippen molar-refractivity contribution in [2.24, 2.45) is 13.0 Å². The molecule has 0 spiro atoms. The Morgan fingerprint density at radius 2 is 1.81 bits per heavy atom. The maximum Gasteiger partial charge on any atom is 0.291 e. The fourth-order valence-electron chi connectivity index (χ4n) is 2.77. The molecule has 0 aliphatic rings. The second kappa shape index (κ2) is 9.84. The van der Waals surface area contributed by atoms with Crippen molar-refractivity contribution < 1.29 is 23.5 Å². The van der Waals surface area contributed by atoms with Gasteiger partial charge in [-0.25, -0.2) is 0 Å². The van der Waals surface area contributed by atoms with Gasteiger partial charge in [0.2, 0.25) is 0 Å². The lowest BCUT2D eigenvalue weighted by atomic mass is 10.2. The Hall–Kier alpha value is -3.75. The van der Waals surface area contributed by atoms with Crippen molar-refractivity contribution in [3.63, 3.8) is 0 Å². The predicted molar refractivity (Wildman–Crippen MR) is 114 cm³/mol. The van der Waals surface area contributed by atoms with E-state index in [9.17, 15) is 9.59 Å². The first-order valence-electron chi connectivity index (χ1n) is 9.84. The molecule has 0 aliphatic heterocycles. The number of methoxy groups -OCH3 is 1. The number of hydrogen-bond acceptors (Lipinski definition) is 6. The van der Waals surface area contributed by atoms with Crippen LogP contribution in [0.1, 0.15) is 40.7 Å². The maximum atomic E-state index is 12.6. The summed E-state index contributed by atoms with van der Waals surface area (Å²) in [6.45, 7) is 4.68. The highest BCUT2D eigenvalue weighted by molar-refractivity contribution is 6.07. The molecule has 0 aliphatic carbocycles. The van der Waals surface area contributed by atoms with E-state index in [0.29, 0.717) is 29.7 Å². The molecule has 2 N–H and O–H groups in total. The maximum absolute atomic E-state index is 12.6. The van der Waals surface area contributed by atoms with Gasteiger partial charge in [0.1, 0.15) is 29.6 Å². The van der Waals surface area contributed by atoms with E-state index in [1.54, 1.807) is 50.6 Å². The number of ether oxygens (including phenoxy) is 2. The summed E-state index contributed by atoms with van der Waals surface area (Å²) in [5.74, 6) is 1.48. The van der Waals surface area contributed by atoms with Crippen molar-refractivity contribution in [2.75, 3.05) is 19.0 Å². The van der Waals surface area contributed by atoms with Crippen LogP contribution in [0.5, 0.6) is 11.5 Å². The van der Waals surface area contributed by atoms with Crippen molar-refractivity contribution in [3.05, 3.63) is 59.8 Å².